The largest absolute Gasteiger partial charge is 0.489 e. The highest BCUT2D eigenvalue weighted by Gasteiger charge is 2.25. The van der Waals surface area contributed by atoms with Crippen molar-refractivity contribution in [3.05, 3.63) is 59.9 Å². The van der Waals surface area contributed by atoms with E-state index in [4.69, 9.17) is 9.84 Å². The van der Waals surface area contributed by atoms with Gasteiger partial charge in [-0.05, 0) is 36.2 Å². The SMILES string of the molecule is O=C(Nc1cccc(COc2cccc(F)c2)c1)N1CCC(CO)C1. The zero-order valence-electron chi connectivity index (χ0n) is 13.8. The Hall–Kier alpha value is -2.60. The van der Waals surface area contributed by atoms with E-state index in [2.05, 4.69) is 5.32 Å². The maximum Gasteiger partial charge on any atom is 0.321 e. The minimum atomic E-state index is -0.342. The molecule has 1 unspecified atom stereocenters. The highest BCUT2D eigenvalue weighted by atomic mass is 19.1. The molecular weight excluding hydrogens is 323 g/mol. The molecular formula is C19H21FN2O3. The van der Waals surface area contributed by atoms with Gasteiger partial charge in [0.05, 0.1) is 0 Å². The van der Waals surface area contributed by atoms with Crippen molar-refractivity contribution in [1.29, 1.82) is 0 Å². The zero-order valence-corrected chi connectivity index (χ0v) is 13.8. The third kappa shape index (κ3) is 4.70. The number of likely N-dealkylation sites (tertiary alicyclic amines) is 1. The lowest BCUT2D eigenvalue weighted by Crippen LogP contribution is -2.33. The van der Waals surface area contributed by atoms with Crippen LogP contribution in [0.25, 0.3) is 0 Å². The summed E-state index contributed by atoms with van der Waals surface area (Å²) in [4.78, 5) is 14.0. The van der Waals surface area contributed by atoms with Crippen molar-refractivity contribution in [2.75, 3.05) is 25.0 Å². The predicted octanol–water partition coefficient (Wildman–Crippen LogP) is 3.25. The molecule has 2 amide bonds. The quantitative estimate of drug-likeness (QED) is 0.875. The van der Waals surface area contributed by atoms with Crippen molar-refractivity contribution in [2.45, 2.75) is 13.0 Å². The highest BCUT2D eigenvalue weighted by molar-refractivity contribution is 5.89. The Kier molecular flexibility index (Phi) is 5.50. The van der Waals surface area contributed by atoms with Gasteiger partial charge in [0.25, 0.3) is 0 Å². The molecule has 1 aliphatic rings. The Morgan fingerprint density at radius 3 is 2.88 bits per heavy atom. The van der Waals surface area contributed by atoms with Crippen molar-refractivity contribution >= 4 is 11.7 Å². The summed E-state index contributed by atoms with van der Waals surface area (Å²) in [5.41, 5.74) is 1.55. The maximum absolute atomic E-state index is 13.2. The van der Waals surface area contributed by atoms with E-state index >= 15 is 0 Å². The Morgan fingerprint density at radius 1 is 1.28 bits per heavy atom. The Balaban J connectivity index is 1.57. The predicted molar refractivity (Wildman–Crippen MR) is 93.0 cm³/mol. The van der Waals surface area contributed by atoms with E-state index in [9.17, 15) is 9.18 Å². The molecule has 3 rings (SSSR count). The first-order chi connectivity index (χ1) is 12.1. The lowest BCUT2D eigenvalue weighted by Gasteiger charge is -2.17. The Labute approximate surface area is 146 Å². The lowest BCUT2D eigenvalue weighted by atomic mass is 10.1. The zero-order chi connectivity index (χ0) is 17.6. The summed E-state index contributed by atoms with van der Waals surface area (Å²) in [6, 6.07) is 13.2. The number of benzene rings is 2. The average molecular weight is 344 g/mol. The second-order valence-electron chi connectivity index (χ2n) is 6.16. The minimum Gasteiger partial charge on any atom is -0.489 e. The van der Waals surface area contributed by atoms with Gasteiger partial charge in [0.1, 0.15) is 18.2 Å². The number of ether oxygens (including phenoxy) is 1. The number of urea groups is 1. The van der Waals surface area contributed by atoms with Gasteiger partial charge in [-0.1, -0.05) is 18.2 Å². The number of nitrogens with zero attached hydrogens (tertiary/aromatic N) is 1. The fourth-order valence-electron chi connectivity index (χ4n) is 2.83. The van der Waals surface area contributed by atoms with Crippen LogP contribution in [0, 0.1) is 11.7 Å². The topological polar surface area (TPSA) is 61.8 Å². The van der Waals surface area contributed by atoms with Crippen molar-refractivity contribution in [1.82, 2.24) is 4.90 Å². The molecule has 2 aromatic carbocycles. The van der Waals surface area contributed by atoms with Crippen LogP contribution in [0.2, 0.25) is 0 Å². The number of amides is 2. The van der Waals surface area contributed by atoms with Crippen LogP contribution in [0.15, 0.2) is 48.5 Å². The highest BCUT2D eigenvalue weighted by Crippen LogP contribution is 2.19. The summed E-state index contributed by atoms with van der Waals surface area (Å²) in [6.45, 7) is 1.62. The molecule has 0 spiro atoms. The molecule has 1 heterocycles. The van der Waals surface area contributed by atoms with Gasteiger partial charge >= 0.3 is 6.03 Å². The number of hydrogen-bond donors (Lipinski definition) is 2. The molecule has 25 heavy (non-hydrogen) atoms. The normalized spacial score (nSPS) is 16.7. The molecule has 2 aromatic rings. The van der Waals surface area contributed by atoms with Gasteiger partial charge in [-0.3, -0.25) is 0 Å². The van der Waals surface area contributed by atoms with Gasteiger partial charge in [-0.15, -0.1) is 0 Å². The first-order valence-electron chi connectivity index (χ1n) is 8.28. The van der Waals surface area contributed by atoms with Crippen LogP contribution < -0.4 is 10.1 Å². The summed E-state index contributed by atoms with van der Waals surface area (Å²) >= 11 is 0. The number of aliphatic hydroxyl groups excluding tert-OH is 1. The van der Waals surface area contributed by atoms with Crippen LogP contribution in [-0.4, -0.2) is 35.7 Å². The van der Waals surface area contributed by atoms with Crippen LogP contribution in [-0.2, 0) is 6.61 Å². The number of hydrogen-bond acceptors (Lipinski definition) is 3. The van der Waals surface area contributed by atoms with Gasteiger partial charge in [0.2, 0.25) is 0 Å². The van der Waals surface area contributed by atoms with Gasteiger partial charge in [0.15, 0.2) is 0 Å². The molecule has 0 bridgehead atoms. The van der Waals surface area contributed by atoms with E-state index in [0.717, 1.165) is 12.0 Å². The number of nitrogens with one attached hydrogen (secondary N) is 1. The van der Waals surface area contributed by atoms with Crippen molar-refractivity contribution < 1.29 is 19.0 Å². The molecule has 0 saturated carbocycles. The van der Waals surface area contributed by atoms with E-state index in [0.29, 0.717) is 24.5 Å². The second-order valence-corrected chi connectivity index (χ2v) is 6.16. The number of carbonyl (C=O) groups excluding carboxylic acids is 1. The van der Waals surface area contributed by atoms with Crippen molar-refractivity contribution in [2.24, 2.45) is 5.92 Å². The first kappa shape index (κ1) is 17.2. The van der Waals surface area contributed by atoms with Crippen molar-refractivity contribution in [3.8, 4) is 5.75 Å². The summed E-state index contributed by atoms with van der Waals surface area (Å²) in [7, 11) is 0. The molecule has 0 aromatic heterocycles. The Morgan fingerprint density at radius 2 is 2.12 bits per heavy atom. The summed E-state index contributed by atoms with van der Waals surface area (Å²) < 4.78 is 18.7. The number of anilines is 1. The molecule has 132 valence electrons. The average Bonchev–Trinajstić information content (AvgIpc) is 3.10. The van der Waals surface area contributed by atoms with Gasteiger partial charge in [-0.25, -0.2) is 9.18 Å². The number of rotatable bonds is 5. The van der Waals surface area contributed by atoms with Gasteiger partial charge in [-0.2, -0.15) is 0 Å². The van der Waals surface area contributed by atoms with Gasteiger partial charge in [0, 0.05) is 37.4 Å². The smallest absolute Gasteiger partial charge is 0.321 e. The molecule has 1 aliphatic heterocycles. The molecule has 1 saturated heterocycles. The molecule has 1 atom stereocenters. The monoisotopic (exact) mass is 344 g/mol. The second kappa shape index (κ2) is 7.98. The maximum atomic E-state index is 13.2. The number of halogens is 1. The number of aliphatic hydroxyl groups is 1. The van der Waals surface area contributed by atoms with Crippen LogP contribution in [0.5, 0.6) is 5.75 Å². The number of carbonyl (C=O) groups is 1. The Bertz CT molecular complexity index is 738. The van der Waals surface area contributed by atoms with E-state index in [-0.39, 0.29) is 31.0 Å². The summed E-state index contributed by atoms with van der Waals surface area (Å²) in [6.07, 6.45) is 0.825. The fourth-order valence-corrected chi connectivity index (χ4v) is 2.83. The lowest BCUT2D eigenvalue weighted by molar-refractivity contribution is 0.208. The van der Waals surface area contributed by atoms with Crippen LogP contribution in [0.4, 0.5) is 14.9 Å². The molecule has 6 heteroatoms. The fraction of sp³-hybridized carbons (Fsp3) is 0.316. The first-order valence-corrected chi connectivity index (χ1v) is 8.28. The van der Waals surface area contributed by atoms with E-state index < -0.39 is 0 Å². The molecule has 2 N–H and O–H groups in total. The molecule has 0 radical (unpaired) electrons. The van der Waals surface area contributed by atoms with Crippen LogP contribution in [0.1, 0.15) is 12.0 Å². The van der Waals surface area contributed by atoms with E-state index in [1.807, 2.05) is 24.3 Å². The summed E-state index contributed by atoms with van der Waals surface area (Å²) in [5.74, 6) is 0.281. The van der Waals surface area contributed by atoms with E-state index in [1.165, 1.54) is 12.1 Å². The summed E-state index contributed by atoms with van der Waals surface area (Å²) in [5, 5.41) is 12.0. The molecule has 0 aliphatic carbocycles. The van der Waals surface area contributed by atoms with Crippen LogP contribution in [0.3, 0.4) is 0 Å². The minimum absolute atomic E-state index is 0.108. The third-order valence-electron chi connectivity index (χ3n) is 4.21. The molecule has 5 nitrogen and oxygen atoms in total. The van der Waals surface area contributed by atoms with Crippen LogP contribution >= 0.6 is 0 Å². The standard InChI is InChI=1S/C19H21FN2O3/c20-16-4-2-6-18(10-16)25-13-14-3-1-5-17(9-14)21-19(24)22-8-7-15(11-22)12-23/h1-6,9-10,15,23H,7-8,11-13H2,(H,21,24). The van der Waals surface area contributed by atoms with E-state index in [1.54, 1.807) is 17.0 Å². The third-order valence-corrected chi connectivity index (χ3v) is 4.21. The van der Waals surface area contributed by atoms with Gasteiger partial charge < -0.3 is 20.1 Å². The molecule has 1 fully saturated rings. The van der Waals surface area contributed by atoms with Crippen molar-refractivity contribution in [3.63, 3.8) is 0 Å².